The van der Waals surface area contributed by atoms with E-state index in [1.165, 1.54) is 0 Å². The Hall–Kier alpha value is 1.11. The van der Waals surface area contributed by atoms with Crippen molar-refractivity contribution in [3.63, 3.8) is 0 Å². The normalized spacial score (nSPS) is 8.15. The van der Waals surface area contributed by atoms with Gasteiger partial charge in [0.1, 0.15) is 0 Å². The van der Waals surface area contributed by atoms with E-state index in [1.807, 2.05) is 0 Å². The summed E-state index contributed by atoms with van der Waals surface area (Å²) in [5, 5.41) is 32.6. The van der Waals surface area contributed by atoms with Crippen molar-refractivity contribution in [1.82, 2.24) is 10.2 Å². The topological polar surface area (TPSA) is 96.2 Å². The molecule has 0 saturated carbocycles. The smallest absolute Gasteiger partial charge is 0.0988 e. The van der Waals surface area contributed by atoms with Crippen molar-refractivity contribution in [2.75, 3.05) is 0 Å². The van der Waals surface area contributed by atoms with E-state index in [-0.39, 0.29) is 17.1 Å². The van der Waals surface area contributed by atoms with Crippen molar-refractivity contribution in [3.05, 3.63) is 13.7 Å². The van der Waals surface area contributed by atoms with Crippen LogP contribution in [-0.4, -0.2) is 12.4 Å². The molecule has 0 amide bonds. The molecule has 0 aromatic carbocycles. The van der Waals surface area contributed by atoms with Crippen LogP contribution < -0.4 is 20.2 Å². The van der Waals surface area contributed by atoms with Gasteiger partial charge in [-0.15, -0.1) is 0 Å². The molecular weight excluding hydrogens is 426 g/mol. The van der Waals surface area contributed by atoms with Gasteiger partial charge in [0.15, 0.2) is 0 Å². The summed E-state index contributed by atoms with van der Waals surface area (Å²) in [6, 6.07) is 0. The number of halogens is 3. The Balaban J connectivity index is 0. The monoisotopic (exact) mass is 423 g/mol. The predicted molar refractivity (Wildman–Crippen MR) is 46.4 cm³/mol. The number of rotatable bonds is 0. The number of hydrogen-bond donors (Lipinski definition) is 0. The Morgan fingerprint density at radius 1 is 1.15 bits per heavy atom. The van der Waals surface area contributed by atoms with Gasteiger partial charge in [0.05, 0.1) is 4.60 Å². The van der Waals surface area contributed by atoms with Crippen LogP contribution in [-0.2, 0) is 17.1 Å². The minimum atomic E-state index is -2.92. The summed E-state index contributed by atoms with van der Waals surface area (Å²) in [5.74, 6) is 0. The van der Waals surface area contributed by atoms with Crippen LogP contribution in [0.5, 0.6) is 0 Å². The second-order valence-corrected chi connectivity index (χ2v) is 3.68. The molecule has 79 valence electrons. The first kappa shape index (κ1) is 16.5. The first-order valence-corrected chi connectivity index (χ1v) is 4.80. The van der Waals surface area contributed by atoms with Gasteiger partial charge < -0.3 is 25.3 Å². The summed E-state index contributed by atoms with van der Waals surface area (Å²) >= 11 is 9.56. The summed E-state index contributed by atoms with van der Waals surface area (Å²) in [6.45, 7) is 0. The van der Waals surface area contributed by atoms with Crippen molar-refractivity contribution in [1.29, 1.82) is 0 Å². The van der Waals surface area contributed by atoms with E-state index in [2.05, 4.69) is 58.0 Å². The maximum Gasteiger partial charge on any atom is 0.0988 e. The maximum absolute atomic E-state index is 8.42. The average molecular weight is 426 g/mol. The quantitative estimate of drug-likeness (QED) is 0.465. The first-order chi connectivity index (χ1) is 5.45. The van der Waals surface area contributed by atoms with Crippen LogP contribution in [0.25, 0.3) is 0 Å². The second-order valence-electron chi connectivity index (χ2n) is 1.38. The minimum absolute atomic E-state index is 0. The van der Waals surface area contributed by atoms with Crippen LogP contribution in [0.3, 0.4) is 0 Å². The maximum atomic E-state index is 8.42. The fourth-order valence-corrected chi connectivity index (χ4v) is 1.22. The zero-order valence-electron chi connectivity index (χ0n) is 5.63. The Bertz CT molecular complexity index is 226. The van der Waals surface area contributed by atoms with Gasteiger partial charge in [-0.3, -0.25) is 7.32 Å². The van der Waals surface area contributed by atoms with Gasteiger partial charge >= 0.3 is 0 Å². The van der Waals surface area contributed by atoms with Gasteiger partial charge in [-0.1, -0.05) is 20.5 Å². The molecule has 0 saturated heterocycles. The standard InChI is InChI=1S/C3Br3N2.BO3.Cu/c4-1-2(5)7-8-3(1)6;2-1(3)4;/q-1;-3;. The third-order valence-electron chi connectivity index (χ3n) is 0.588. The fourth-order valence-electron chi connectivity index (χ4n) is 0.261. The van der Waals surface area contributed by atoms with Gasteiger partial charge in [0.2, 0.25) is 0 Å². The van der Waals surface area contributed by atoms with Crippen LogP contribution in [0.2, 0.25) is 0 Å². The molecule has 0 fully saturated rings. The van der Waals surface area contributed by atoms with Gasteiger partial charge in [-0.05, 0) is 31.9 Å². The molecule has 0 aliphatic rings. The molecule has 0 aliphatic heterocycles. The molecule has 13 heavy (non-hydrogen) atoms. The van der Waals surface area contributed by atoms with E-state index in [0.29, 0.717) is 0 Å². The third-order valence-corrected chi connectivity index (χ3v) is 3.51. The van der Waals surface area contributed by atoms with Crippen LogP contribution in [0.4, 0.5) is 0 Å². The van der Waals surface area contributed by atoms with Crippen LogP contribution in [0.1, 0.15) is 0 Å². The number of nitrogens with zero attached hydrogens (tertiary/aromatic N) is 2. The van der Waals surface area contributed by atoms with Crippen molar-refractivity contribution < 1.29 is 32.1 Å². The zero-order chi connectivity index (χ0) is 9.72. The number of hydrogen-bond acceptors (Lipinski definition) is 4. The molecule has 0 unspecified atom stereocenters. The average Bonchev–Trinajstić information content (AvgIpc) is 2.19. The van der Waals surface area contributed by atoms with Gasteiger partial charge in [0, 0.05) is 21.5 Å². The largest absolute Gasteiger partial charge is 0.907 e. The van der Waals surface area contributed by atoms with Gasteiger partial charge in [0.25, 0.3) is 0 Å². The SMILES string of the molecule is Brc1n[n-]c(Br)c1Br.[Cu].[O-]B([O-])[O-]. The van der Waals surface area contributed by atoms with E-state index < -0.39 is 7.32 Å². The Labute approximate surface area is 110 Å². The molecule has 1 radical (unpaired) electrons. The second kappa shape index (κ2) is 8.43. The van der Waals surface area contributed by atoms with Crippen molar-refractivity contribution in [2.45, 2.75) is 0 Å². The third kappa shape index (κ3) is 8.13. The molecule has 10 heteroatoms. The van der Waals surface area contributed by atoms with E-state index in [0.717, 1.165) is 13.7 Å². The van der Waals surface area contributed by atoms with Crippen LogP contribution in [0.15, 0.2) is 13.7 Å². The summed E-state index contributed by atoms with van der Waals surface area (Å²) < 4.78 is 2.31. The Morgan fingerprint density at radius 3 is 1.62 bits per heavy atom. The minimum Gasteiger partial charge on any atom is -0.907 e. The van der Waals surface area contributed by atoms with Gasteiger partial charge in [-0.2, -0.15) is 0 Å². The van der Waals surface area contributed by atoms with Crippen molar-refractivity contribution in [2.24, 2.45) is 0 Å². The summed E-state index contributed by atoms with van der Waals surface area (Å²) in [6.07, 6.45) is 0. The van der Waals surface area contributed by atoms with Crippen molar-refractivity contribution >= 4 is 55.1 Å². The molecule has 1 heterocycles. The van der Waals surface area contributed by atoms with Crippen LogP contribution >= 0.6 is 47.8 Å². The molecule has 1 aromatic heterocycles. The molecule has 0 atom stereocenters. The Kier molecular flexibility index (Phi) is 10.7. The molecule has 0 N–H and O–H groups in total. The molecule has 5 nitrogen and oxygen atoms in total. The first-order valence-electron chi connectivity index (χ1n) is 2.42. The molecule has 0 aliphatic carbocycles. The summed E-state index contributed by atoms with van der Waals surface area (Å²) in [7, 11) is -2.92. The van der Waals surface area contributed by atoms with E-state index in [1.54, 1.807) is 0 Å². The van der Waals surface area contributed by atoms with E-state index >= 15 is 0 Å². The zero-order valence-corrected chi connectivity index (χ0v) is 11.3. The molecule has 0 bridgehead atoms. The molecule has 1 rings (SSSR count). The van der Waals surface area contributed by atoms with E-state index in [4.69, 9.17) is 15.1 Å². The summed E-state index contributed by atoms with van der Waals surface area (Å²) in [4.78, 5) is 0. The van der Waals surface area contributed by atoms with Crippen LogP contribution in [0, 0.1) is 0 Å². The number of aromatic nitrogens is 2. The molecule has 1 aromatic rings. The van der Waals surface area contributed by atoms with Crippen molar-refractivity contribution in [3.8, 4) is 0 Å². The molecular formula is C3BBr3CuN2O3-4. The predicted octanol–water partition coefficient (Wildman–Crippen LogP) is -1.62. The Morgan fingerprint density at radius 2 is 1.54 bits per heavy atom. The summed E-state index contributed by atoms with van der Waals surface area (Å²) in [5.41, 5.74) is 0. The fraction of sp³-hybridized carbons (Fsp3) is 0. The molecule has 0 spiro atoms. The van der Waals surface area contributed by atoms with Gasteiger partial charge in [-0.25, -0.2) is 0 Å². The van der Waals surface area contributed by atoms with E-state index in [9.17, 15) is 0 Å².